The predicted octanol–water partition coefficient (Wildman–Crippen LogP) is 7.84. The van der Waals surface area contributed by atoms with E-state index in [1.807, 2.05) is 0 Å². The van der Waals surface area contributed by atoms with Crippen LogP contribution >= 0.6 is 0 Å². The van der Waals surface area contributed by atoms with Crippen LogP contribution in [0.1, 0.15) is 95.2 Å². The van der Waals surface area contributed by atoms with Crippen LogP contribution in [-0.2, 0) is 19.3 Å². The Labute approximate surface area is 156 Å². The molecule has 137 valence electrons. The number of rotatable bonds is 12. The Bertz CT molecular complexity index is 623. The van der Waals surface area contributed by atoms with Crippen molar-refractivity contribution < 1.29 is 0 Å². The number of aryl methyl sites for hydroxylation is 3. The topological polar surface area (TPSA) is 0 Å². The third-order valence-corrected chi connectivity index (χ3v) is 5.38. The van der Waals surface area contributed by atoms with E-state index < -0.39 is 0 Å². The number of benzene rings is 2. The second-order valence-corrected chi connectivity index (χ2v) is 7.50. The number of unbranched alkanes of at least 4 members (excludes halogenated alkanes) is 6. The van der Waals surface area contributed by atoms with Crippen molar-refractivity contribution >= 4 is 10.8 Å². The molecule has 0 aliphatic heterocycles. The molecule has 0 heterocycles. The fourth-order valence-electron chi connectivity index (χ4n) is 3.90. The summed E-state index contributed by atoms with van der Waals surface area (Å²) in [5, 5.41) is 2.88. The summed E-state index contributed by atoms with van der Waals surface area (Å²) in [5.41, 5.74) is 4.81. The van der Waals surface area contributed by atoms with Crippen LogP contribution in [0, 0.1) is 6.07 Å². The monoisotopic (exact) mass is 337 g/mol. The van der Waals surface area contributed by atoms with Crippen LogP contribution in [0.25, 0.3) is 10.8 Å². The molecule has 25 heavy (non-hydrogen) atoms. The van der Waals surface area contributed by atoms with Crippen LogP contribution in [-0.4, -0.2) is 0 Å². The molecule has 0 aliphatic rings. The lowest BCUT2D eigenvalue weighted by atomic mass is 9.88. The van der Waals surface area contributed by atoms with Crippen molar-refractivity contribution in [2.24, 2.45) is 0 Å². The molecule has 0 atom stereocenters. The molecule has 2 aromatic carbocycles. The second kappa shape index (κ2) is 11.3. The Morgan fingerprint density at radius 2 is 1.24 bits per heavy atom. The molecule has 0 N–H and O–H groups in total. The van der Waals surface area contributed by atoms with E-state index in [1.165, 1.54) is 82.4 Å². The van der Waals surface area contributed by atoms with Crippen LogP contribution in [0.4, 0.5) is 0 Å². The van der Waals surface area contributed by atoms with Gasteiger partial charge in [-0.15, -0.1) is 0 Å². The SMILES string of the molecule is CCCCCc1ccc2[c]ccc(CCCCC)c2c1CCCCC. The molecule has 0 saturated heterocycles. The van der Waals surface area contributed by atoms with E-state index in [1.54, 1.807) is 22.1 Å². The zero-order valence-corrected chi connectivity index (χ0v) is 16.8. The molecule has 0 aliphatic carbocycles. The number of hydrogen-bond acceptors (Lipinski definition) is 0. The Kier molecular flexibility index (Phi) is 9.08. The highest BCUT2D eigenvalue weighted by atomic mass is 14.2. The molecule has 0 amide bonds. The molecule has 0 aromatic heterocycles. The van der Waals surface area contributed by atoms with E-state index in [-0.39, 0.29) is 0 Å². The van der Waals surface area contributed by atoms with Crippen LogP contribution < -0.4 is 0 Å². The van der Waals surface area contributed by atoms with Crippen LogP contribution in [0.15, 0.2) is 24.3 Å². The lowest BCUT2D eigenvalue weighted by molar-refractivity contribution is 0.694. The highest BCUT2D eigenvalue weighted by Crippen LogP contribution is 2.29. The molecule has 0 nitrogen and oxygen atoms in total. The molecule has 0 heteroatoms. The first-order valence-corrected chi connectivity index (χ1v) is 10.8. The van der Waals surface area contributed by atoms with Crippen LogP contribution in [0.3, 0.4) is 0 Å². The number of fused-ring (bicyclic) bond motifs is 1. The average molecular weight is 338 g/mol. The van der Waals surface area contributed by atoms with Crippen molar-refractivity contribution in [1.82, 2.24) is 0 Å². The van der Waals surface area contributed by atoms with Crippen molar-refractivity contribution in [2.75, 3.05) is 0 Å². The summed E-state index contributed by atoms with van der Waals surface area (Å²) >= 11 is 0. The van der Waals surface area contributed by atoms with Gasteiger partial charge in [0.25, 0.3) is 0 Å². The lowest BCUT2D eigenvalue weighted by Gasteiger charge is -2.16. The molecule has 0 spiro atoms. The molecule has 0 unspecified atom stereocenters. The van der Waals surface area contributed by atoms with Gasteiger partial charge in [-0.05, 0) is 72.1 Å². The zero-order valence-electron chi connectivity index (χ0n) is 16.8. The molecule has 2 rings (SSSR count). The van der Waals surface area contributed by atoms with E-state index in [9.17, 15) is 0 Å². The minimum atomic E-state index is 1.22. The summed E-state index contributed by atoms with van der Waals surface area (Å²) in [5.74, 6) is 0. The molecule has 0 fully saturated rings. The Morgan fingerprint density at radius 3 is 1.88 bits per heavy atom. The first-order chi connectivity index (χ1) is 12.3. The minimum absolute atomic E-state index is 1.22. The standard InChI is InChI=1S/C25H37/c1-4-7-10-14-21-19-20-23-17-13-16-22(15-11-8-5-2)25(23)24(21)18-12-9-6-3/h13,16,19-20H,4-12,14-15,18H2,1-3H3. The van der Waals surface area contributed by atoms with Crippen molar-refractivity contribution in [2.45, 2.75) is 97.8 Å². The van der Waals surface area contributed by atoms with E-state index in [0.717, 1.165) is 0 Å². The van der Waals surface area contributed by atoms with Crippen molar-refractivity contribution in [3.8, 4) is 0 Å². The summed E-state index contributed by atoms with van der Waals surface area (Å²) in [6, 6.07) is 12.7. The van der Waals surface area contributed by atoms with Gasteiger partial charge in [0.15, 0.2) is 0 Å². The first kappa shape index (κ1) is 20.0. The molecular weight excluding hydrogens is 300 g/mol. The van der Waals surface area contributed by atoms with Crippen molar-refractivity contribution in [3.05, 3.63) is 47.0 Å². The van der Waals surface area contributed by atoms with Crippen molar-refractivity contribution in [3.63, 3.8) is 0 Å². The summed E-state index contributed by atoms with van der Waals surface area (Å²) in [6.07, 6.45) is 15.6. The van der Waals surface area contributed by atoms with E-state index in [2.05, 4.69) is 51.1 Å². The summed E-state index contributed by atoms with van der Waals surface area (Å²) < 4.78 is 0. The highest BCUT2D eigenvalue weighted by Gasteiger charge is 2.11. The van der Waals surface area contributed by atoms with Gasteiger partial charge in [-0.3, -0.25) is 0 Å². The fraction of sp³-hybridized carbons (Fsp3) is 0.600. The Hall–Kier alpha value is -1.30. The van der Waals surface area contributed by atoms with Crippen LogP contribution in [0.2, 0.25) is 0 Å². The highest BCUT2D eigenvalue weighted by molar-refractivity contribution is 5.89. The third kappa shape index (κ3) is 5.87. The van der Waals surface area contributed by atoms with Crippen molar-refractivity contribution in [1.29, 1.82) is 0 Å². The maximum Gasteiger partial charge on any atom is -0.00989 e. The third-order valence-electron chi connectivity index (χ3n) is 5.38. The predicted molar refractivity (Wildman–Crippen MR) is 112 cm³/mol. The zero-order chi connectivity index (χ0) is 17.9. The largest absolute Gasteiger partial charge is 0.0654 e. The number of hydrogen-bond donors (Lipinski definition) is 0. The lowest BCUT2D eigenvalue weighted by Crippen LogP contribution is -2.00. The van der Waals surface area contributed by atoms with E-state index >= 15 is 0 Å². The Morgan fingerprint density at radius 1 is 0.640 bits per heavy atom. The Balaban J connectivity index is 2.37. The van der Waals surface area contributed by atoms with Gasteiger partial charge in [-0.25, -0.2) is 0 Å². The smallest absolute Gasteiger partial charge is 0.00989 e. The minimum Gasteiger partial charge on any atom is -0.0654 e. The maximum absolute atomic E-state index is 3.51. The maximum atomic E-state index is 3.51. The van der Waals surface area contributed by atoms with Gasteiger partial charge in [-0.2, -0.15) is 0 Å². The van der Waals surface area contributed by atoms with Crippen LogP contribution in [0.5, 0.6) is 0 Å². The van der Waals surface area contributed by atoms with Gasteiger partial charge >= 0.3 is 0 Å². The van der Waals surface area contributed by atoms with Gasteiger partial charge in [-0.1, -0.05) is 83.6 Å². The molecular formula is C25H37. The van der Waals surface area contributed by atoms with Gasteiger partial charge in [0.1, 0.15) is 0 Å². The average Bonchev–Trinajstić information content (AvgIpc) is 2.63. The summed E-state index contributed by atoms with van der Waals surface area (Å²) in [7, 11) is 0. The molecule has 1 radical (unpaired) electrons. The quantitative estimate of drug-likeness (QED) is 0.346. The molecule has 2 aromatic rings. The van der Waals surface area contributed by atoms with Gasteiger partial charge < -0.3 is 0 Å². The van der Waals surface area contributed by atoms with E-state index in [4.69, 9.17) is 0 Å². The molecule has 0 bridgehead atoms. The van der Waals surface area contributed by atoms with Gasteiger partial charge in [0.05, 0.1) is 0 Å². The van der Waals surface area contributed by atoms with Gasteiger partial charge in [0.2, 0.25) is 0 Å². The summed E-state index contributed by atoms with van der Waals surface area (Å²) in [4.78, 5) is 0. The second-order valence-electron chi connectivity index (χ2n) is 7.50. The normalized spacial score (nSPS) is 11.3. The summed E-state index contributed by atoms with van der Waals surface area (Å²) in [6.45, 7) is 6.89. The van der Waals surface area contributed by atoms with E-state index in [0.29, 0.717) is 0 Å². The fourth-order valence-corrected chi connectivity index (χ4v) is 3.90. The van der Waals surface area contributed by atoms with Gasteiger partial charge in [0, 0.05) is 0 Å². The molecule has 0 saturated carbocycles. The first-order valence-electron chi connectivity index (χ1n) is 10.8.